The van der Waals surface area contributed by atoms with Gasteiger partial charge in [-0.1, -0.05) is 18.2 Å². The summed E-state index contributed by atoms with van der Waals surface area (Å²) >= 11 is 1.27. The number of ether oxygens (including phenoxy) is 1. The zero-order valence-corrected chi connectivity index (χ0v) is 13.5. The Morgan fingerprint density at radius 3 is 2.50 bits per heavy atom. The predicted octanol–water partition coefficient (Wildman–Crippen LogP) is 3.81. The van der Waals surface area contributed by atoms with Gasteiger partial charge in [-0.25, -0.2) is 4.79 Å². The minimum Gasteiger partial charge on any atom is -0.465 e. The van der Waals surface area contributed by atoms with Gasteiger partial charge in [0.15, 0.2) is 0 Å². The number of hydrogen-bond acceptors (Lipinski definition) is 5. The average Bonchev–Trinajstić information content (AvgIpc) is 2.99. The summed E-state index contributed by atoms with van der Waals surface area (Å²) in [7, 11) is 1.30. The maximum absolute atomic E-state index is 12.5. The number of fused-ring (bicyclic) bond motifs is 1. The van der Waals surface area contributed by atoms with Crippen LogP contribution in [0.4, 0.5) is 5.69 Å². The fourth-order valence-corrected chi connectivity index (χ4v) is 3.36. The lowest BCUT2D eigenvalue weighted by atomic mass is 10.1. The lowest BCUT2D eigenvalue weighted by Crippen LogP contribution is -2.14. The second-order valence-corrected chi connectivity index (χ2v) is 5.99. The number of nitriles is 1. The van der Waals surface area contributed by atoms with Gasteiger partial charge < -0.3 is 10.1 Å². The molecule has 0 aliphatic carbocycles. The van der Waals surface area contributed by atoms with E-state index in [1.54, 1.807) is 24.3 Å². The zero-order valence-electron chi connectivity index (χ0n) is 12.7. The highest BCUT2D eigenvalue weighted by molar-refractivity contribution is 7.21. The molecule has 0 saturated heterocycles. The van der Waals surface area contributed by atoms with Gasteiger partial charge in [0, 0.05) is 15.6 Å². The molecule has 0 saturated carbocycles. The van der Waals surface area contributed by atoms with Crippen LogP contribution < -0.4 is 5.32 Å². The Kier molecular flexibility index (Phi) is 4.27. The lowest BCUT2D eigenvalue weighted by Gasteiger charge is -2.07. The van der Waals surface area contributed by atoms with Crippen LogP contribution in [0.2, 0.25) is 0 Å². The van der Waals surface area contributed by atoms with Crippen LogP contribution in [0.25, 0.3) is 10.1 Å². The Labute approximate surface area is 142 Å². The molecule has 0 fully saturated rings. The van der Waals surface area contributed by atoms with Crippen LogP contribution in [0.3, 0.4) is 0 Å². The maximum Gasteiger partial charge on any atom is 0.350 e. The third-order valence-electron chi connectivity index (χ3n) is 3.48. The van der Waals surface area contributed by atoms with E-state index in [1.807, 2.05) is 30.3 Å². The molecule has 1 aromatic heterocycles. The number of thiophene rings is 1. The Morgan fingerprint density at radius 2 is 1.83 bits per heavy atom. The van der Waals surface area contributed by atoms with E-state index in [0.29, 0.717) is 21.7 Å². The molecule has 1 N–H and O–H groups in total. The van der Waals surface area contributed by atoms with Crippen molar-refractivity contribution in [1.29, 1.82) is 5.26 Å². The third-order valence-corrected chi connectivity index (χ3v) is 4.63. The molecule has 0 atom stereocenters. The minimum atomic E-state index is -0.494. The number of methoxy groups -OCH3 is 1. The molecule has 2 aromatic carbocycles. The molecule has 0 bridgehead atoms. The first-order valence-electron chi connectivity index (χ1n) is 7.05. The predicted molar refractivity (Wildman–Crippen MR) is 92.3 cm³/mol. The quantitative estimate of drug-likeness (QED) is 0.738. The molecular formula is C18H12N2O3S. The van der Waals surface area contributed by atoms with E-state index in [2.05, 4.69) is 5.32 Å². The van der Waals surface area contributed by atoms with Crippen molar-refractivity contribution in [2.24, 2.45) is 0 Å². The first-order chi connectivity index (χ1) is 11.6. The van der Waals surface area contributed by atoms with Crippen LogP contribution in [0.1, 0.15) is 25.6 Å². The largest absolute Gasteiger partial charge is 0.465 e. The summed E-state index contributed by atoms with van der Waals surface area (Å²) in [4.78, 5) is 24.8. The summed E-state index contributed by atoms with van der Waals surface area (Å²) < 4.78 is 5.69. The van der Waals surface area contributed by atoms with Crippen LogP contribution in [0, 0.1) is 11.3 Å². The summed E-state index contributed by atoms with van der Waals surface area (Å²) in [5.74, 6) is -0.848. The van der Waals surface area contributed by atoms with Gasteiger partial charge in [-0.2, -0.15) is 5.26 Å². The highest BCUT2D eigenvalue weighted by Crippen LogP contribution is 2.36. The van der Waals surface area contributed by atoms with Gasteiger partial charge in [-0.3, -0.25) is 4.79 Å². The number of rotatable bonds is 3. The number of carbonyl (C=O) groups is 2. The molecule has 0 aliphatic heterocycles. The molecular weight excluding hydrogens is 324 g/mol. The Hall–Kier alpha value is -3.17. The molecule has 0 spiro atoms. The number of esters is 1. The van der Waals surface area contributed by atoms with Gasteiger partial charge in [-0.15, -0.1) is 11.3 Å². The highest BCUT2D eigenvalue weighted by atomic mass is 32.1. The molecule has 3 rings (SSSR count). The topological polar surface area (TPSA) is 79.2 Å². The van der Waals surface area contributed by atoms with E-state index in [0.717, 1.165) is 10.1 Å². The van der Waals surface area contributed by atoms with Crippen molar-refractivity contribution in [3.8, 4) is 6.07 Å². The molecule has 1 heterocycles. The van der Waals surface area contributed by atoms with Crippen molar-refractivity contribution < 1.29 is 14.3 Å². The van der Waals surface area contributed by atoms with Gasteiger partial charge in [0.2, 0.25) is 0 Å². The maximum atomic E-state index is 12.5. The summed E-state index contributed by atoms with van der Waals surface area (Å²) in [5, 5.41) is 12.4. The van der Waals surface area contributed by atoms with Crippen LogP contribution >= 0.6 is 11.3 Å². The van der Waals surface area contributed by atoms with Crippen LogP contribution in [-0.2, 0) is 4.74 Å². The van der Waals surface area contributed by atoms with Crippen molar-refractivity contribution >= 4 is 39.0 Å². The van der Waals surface area contributed by atoms with Crippen molar-refractivity contribution in [2.75, 3.05) is 12.4 Å². The monoisotopic (exact) mass is 336 g/mol. The molecule has 0 unspecified atom stereocenters. The van der Waals surface area contributed by atoms with Gasteiger partial charge >= 0.3 is 5.97 Å². The van der Waals surface area contributed by atoms with Crippen LogP contribution in [-0.4, -0.2) is 19.0 Å². The third kappa shape index (κ3) is 2.85. The summed E-state index contributed by atoms with van der Waals surface area (Å²) in [6.07, 6.45) is 0. The van der Waals surface area contributed by atoms with Crippen molar-refractivity contribution in [2.45, 2.75) is 0 Å². The number of nitrogens with one attached hydrogen (secondary N) is 1. The zero-order chi connectivity index (χ0) is 17.1. The first kappa shape index (κ1) is 15.7. The minimum absolute atomic E-state index is 0.348. The Bertz CT molecular complexity index is 968. The number of amides is 1. The molecule has 6 heteroatoms. The second kappa shape index (κ2) is 6.52. The van der Waals surface area contributed by atoms with Gasteiger partial charge in [-0.05, 0) is 30.3 Å². The number of anilines is 1. The SMILES string of the molecule is COC(=O)c1sc2ccccc2c1NC(=O)c1ccc(C#N)cc1. The van der Waals surface area contributed by atoms with E-state index < -0.39 is 5.97 Å². The van der Waals surface area contributed by atoms with E-state index in [4.69, 9.17) is 10.00 Å². The van der Waals surface area contributed by atoms with Gasteiger partial charge in [0.1, 0.15) is 4.88 Å². The van der Waals surface area contributed by atoms with Crippen LogP contribution in [0.15, 0.2) is 48.5 Å². The summed E-state index contributed by atoms with van der Waals surface area (Å²) in [5.41, 5.74) is 1.32. The number of carbonyl (C=O) groups excluding carboxylic acids is 2. The van der Waals surface area contributed by atoms with E-state index in [-0.39, 0.29) is 5.91 Å². The molecule has 0 radical (unpaired) electrons. The van der Waals surface area contributed by atoms with E-state index in [1.165, 1.54) is 18.4 Å². The fraction of sp³-hybridized carbons (Fsp3) is 0.0556. The van der Waals surface area contributed by atoms with Gasteiger partial charge in [0.25, 0.3) is 5.91 Å². The summed E-state index contributed by atoms with van der Waals surface area (Å²) in [6.45, 7) is 0. The standard InChI is InChI=1S/C18H12N2O3S/c1-23-18(22)16-15(13-4-2-3-5-14(13)24-16)20-17(21)12-8-6-11(10-19)7-9-12/h2-9H,1H3,(H,20,21). The lowest BCUT2D eigenvalue weighted by molar-refractivity contribution is 0.0607. The van der Waals surface area contributed by atoms with E-state index in [9.17, 15) is 9.59 Å². The summed E-state index contributed by atoms with van der Waals surface area (Å²) in [6, 6.07) is 15.7. The molecule has 0 aliphatic rings. The number of benzene rings is 2. The molecule has 118 valence electrons. The smallest absolute Gasteiger partial charge is 0.350 e. The molecule has 5 nitrogen and oxygen atoms in total. The van der Waals surface area contributed by atoms with E-state index >= 15 is 0 Å². The second-order valence-electron chi connectivity index (χ2n) is 4.94. The van der Waals surface area contributed by atoms with Crippen molar-refractivity contribution in [3.63, 3.8) is 0 Å². The average molecular weight is 336 g/mol. The fourth-order valence-electron chi connectivity index (χ4n) is 2.29. The Balaban J connectivity index is 2.00. The molecule has 3 aromatic rings. The number of nitrogens with zero attached hydrogens (tertiary/aromatic N) is 1. The van der Waals surface area contributed by atoms with Crippen LogP contribution in [0.5, 0.6) is 0 Å². The number of hydrogen-bond donors (Lipinski definition) is 1. The first-order valence-corrected chi connectivity index (χ1v) is 7.87. The van der Waals surface area contributed by atoms with Crippen molar-refractivity contribution in [3.05, 3.63) is 64.5 Å². The molecule has 1 amide bonds. The Morgan fingerprint density at radius 1 is 1.12 bits per heavy atom. The normalized spacial score (nSPS) is 10.2. The highest BCUT2D eigenvalue weighted by Gasteiger charge is 2.21. The van der Waals surface area contributed by atoms with Gasteiger partial charge in [0.05, 0.1) is 24.4 Å². The molecule has 24 heavy (non-hydrogen) atoms. The van der Waals surface area contributed by atoms with Crippen molar-refractivity contribution in [1.82, 2.24) is 0 Å².